The quantitative estimate of drug-likeness (QED) is 0.479. The van der Waals surface area contributed by atoms with E-state index in [4.69, 9.17) is 0 Å². The molecule has 0 aliphatic rings. The lowest BCUT2D eigenvalue weighted by Gasteiger charge is -2.11. The van der Waals surface area contributed by atoms with Gasteiger partial charge in [-0.25, -0.2) is 22.0 Å². The minimum absolute atomic E-state index is 0.195. The normalized spacial score (nSPS) is 10.7. The van der Waals surface area contributed by atoms with Crippen LogP contribution >= 0.6 is 0 Å². The third kappa shape index (κ3) is 2.62. The monoisotopic (exact) mass is 321 g/mol. The van der Waals surface area contributed by atoms with Crippen molar-refractivity contribution in [1.82, 2.24) is 0 Å². The van der Waals surface area contributed by atoms with Crippen LogP contribution in [-0.4, -0.2) is 14.4 Å². The lowest BCUT2D eigenvalue weighted by atomic mass is 9.63. The fourth-order valence-electron chi connectivity index (χ4n) is 1.77. The summed E-state index contributed by atoms with van der Waals surface area (Å²) >= 11 is 0. The van der Waals surface area contributed by atoms with Crippen molar-refractivity contribution in [2.24, 2.45) is 0 Å². The number of methoxy groups -OCH3 is 1. The molecular weight excluding hydrogens is 316 g/mol. The Kier molecular flexibility index (Phi) is 4.34. The van der Waals surface area contributed by atoms with E-state index >= 15 is 0 Å². The zero-order chi connectivity index (χ0) is 16.6. The molecule has 0 atom stereocenters. The maximum absolute atomic E-state index is 13.7. The van der Waals surface area contributed by atoms with Crippen LogP contribution in [0.3, 0.4) is 0 Å². The molecule has 0 aliphatic heterocycles. The van der Waals surface area contributed by atoms with Gasteiger partial charge in [-0.2, -0.15) is 8.78 Å². The Hall–Kier alpha value is -2.19. The van der Waals surface area contributed by atoms with Crippen LogP contribution in [0.4, 0.5) is 30.7 Å². The Balaban J connectivity index is 2.61. The molecule has 0 spiro atoms. The second-order valence-electron chi connectivity index (χ2n) is 4.13. The number of halogens is 7. The summed E-state index contributed by atoms with van der Waals surface area (Å²) in [6.07, 6.45) is 0. The summed E-state index contributed by atoms with van der Waals surface area (Å²) in [5.41, 5.74) is -2.41. The maximum Gasteiger partial charge on any atom is 0.207 e. The smallest absolute Gasteiger partial charge is 0.207 e. The molecule has 22 heavy (non-hydrogen) atoms. The van der Waals surface area contributed by atoms with E-state index in [2.05, 4.69) is 4.74 Å². The van der Waals surface area contributed by atoms with Gasteiger partial charge < -0.3 is 4.74 Å². The van der Waals surface area contributed by atoms with E-state index in [1.807, 2.05) is 0 Å². The molecule has 0 heterocycles. The number of hydrogen-bond acceptors (Lipinski definition) is 1. The van der Waals surface area contributed by atoms with Gasteiger partial charge in [0, 0.05) is 12.1 Å². The van der Waals surface area contributed by atoms with E-state index < -0.39 is 57.4 Å². The van der Waals surface area contributed by atoms with Crippen molar-refractivity contribution in [2.45, 2.75) is 0 Å². The molecule has 0 fully saturated rings. The number of benzene rings is 2. The van der Waals surface area contributed by atoms with Gasteiger partial charge in [0.1, 0.15) is 17.5 Å². The minimum atomic E-state index is -1.90. The second kappa shape index (κ2) is 5.90. The Morgan fingerprint density at radius 3 is 1.59 bits per heavy atom. The summed E-state index contributed by atoms with van der Waals surface area (Å²) in [6, 6.07) is 0.502. The summed E-state index contributed by atoms with van der Waals surface area (Å²) in [6.45, 7) is 0. The molecular formula is C13H5BF7O. The Labute approximate surface area is 120 Å². The lowest BCUT2D eigenvalue weighted by molar-refractivity contribution is 0.335. The molecule has 0 unspecified atom stereocenters. The first-order valence-corrected chi connectivity index (χ1v) is 5.67. The molecule has 1 nitrogen and oxygen atoms in total. The van der Waals surface area contributed by atoms with E-state index in [0.717, 1.165) is 7.11 Å². The van der Waals surface area contributed by atoms with Gasteiger partial charge in [0.2, 0.25) is 18.9 Å². The first-order chi connectivity index (χ1) is 10.3. The molecule has 0 amide bonds. The molecule has 0 bridgehead atoms. The fourth-order valence-corrected chi connectivity index (χ4v) is 1.77. The Bertz CT molecular complexity index is 696. The molecule has 0 saturated heterocycles. The predicted molar refractivity (Wildman–Crippen MR) is 64.2 cm³/mol. The van der Waals surface area contributed by atoms with Crippen molar-refractivity contribution < 1.29 is 35.5 Å². The SMILES string of the molecule is COc1c(F)c(F)c([B]c2c(F)cc(F)cc2F)c(F)c1F. The number of rotatable bonds is 3. The summed E-state index contributed by atoms with van der Waals surface area (Å²) in [5.74, 6) is -13.1. The Morgan fingerprint density at radius 2 is 1.18 bits per heavy atom. The van der Waals surface area contributed by atoms with Crippen LogP contribution in [0.15, 0.2) is 12.1 Å². The van der Waals surface area contributed by atoms with Crippen molar-refractivity contribution in [1.29, 1.82) is 0 Å². The van der Waals surface area contributed by atoms with Gasteiger partial charge >= 0.3 is 0 Å². The van der Waals surface area contributed by atoms with Gasteiger partial charge in [0.05, 0.1) is 7.11 Å². The fraction of sp³-hybridized carbons (Fsp3) is 0.0769. The zero-order valence-corrected chi connectivity index (χ0v) is 10.8. The summed E-state index contributed by atoms with van der Waals surface area (Å²) in [5, 5.41) is 0. The van der Waals surface area contributed by atoms with Gasteiger partial charge in [0.15, 0.2) is 17.4 Å². The minimum Gasteiger partial charge on any atom is -0.491 e. The van der Waals surface area contributed by atoms with Crippen LogP contribution in [0.5, 0.6) is 5.75 Å². The molecule has 0 aromatic heterocycles. The predicted octanol–water partition coefficient (Wildman–Crippen LogP) is 2.32. The van der Waals surface area contributed by atoms with Crippen LogP contribution < -0.4 is 15.7 Å². The van der Waals surface area contributed by atoms with Crippen LogP contribution in [0, 0.1) is 40.7 Å². The molecule has 1 radical (unpaired) electrons. The highest BCUT2D eigenvalue weighted by Gasteiger charge is 2.28. The van der Waals surface area contributed by atoms with E-state index in [1.165, 1.54) is 0 Å². The van der Waals surface area contributed by atoms with Gasteiger partial charge in [-0.3, -0.25) is 0 Å². The molecule has 2 aromatic carbocycles. The van der Waals surface area contributed by atoms with Crippen LogP contribution in [0.1, 0.15) is 0 Å². The Morgan fingerprint density at radius 1 is 0.727 bits per heavy atom. The highest BCUT2D eigenvalue weighted by Crippen LogP contribution is 2.24. The molecule has 2 rings (SSSR count). The molecule has 9 heteroatoms. The molecule has 0 saturated carbocycles. The average Bonchev–Trinajstić information content (AvgIpc) is 2.44. The van der Waals surface area contributed by atoms with E-state index in [1.54, 1.807) is 0 Å². The maximum atomic E-state index is 13.7. The molecule has 2 aromatic rings. The second-order valence-corrected chi connectivity index (χ2v) is 4.13. The first kappa shape index (κ1) is 16.2. The summed E-state index contributed by atoms with van der Waals surface area (Å²) < 4.78 is 98.2. The third-order valence-corrected chi connectivity index (χ3v) is 2.79. The van der Waals surface area contributed by atoms with Crippen molar-refractivity contribution in [2.75, 3.05) is 7.11 Å². The molecule has 0 aliphatic carbocycles. The molecule has 115 valence electrons. The average molecular weight is 321 g/mol. The standard InChI is InChI=1S/C13H5BF7O/c1-22-13-11(20)9(18)8(10(19)12(13)21)14-7-5(16)2-4(15)3-6(7)17/h2-3H,1H3. The van der Waals surface area contributed by atoms with Gasteiger partial charge in [0.25, 0.3) is 0 Å². The van der Waals surface area contributed by atoms with E-state index in [-0.39, 0.29) is 19.4 Å². The van der Waals surface area contributed by atoms with Gasteiger partial charge in [-0.05, 0) is 10.9 Å². The van der Waals surface area contributed by atoms with Gasteiger partial charge in [-0.1, -0.05) is 0 Å². The summed E-state index contributed by atoms with van der Waals surface area (Å²) in [4.78, 5) is 0. The molecule has 0 N–H and O–H groups in total. The van der Waals surface area contributed by atoms with Crippen LogP contribution in [-0.2, 0) is 0 Å². The van der Waals surface area contributed by atoms with E-state index in [9.17, 15) is 30.7 Å². The van der Waals surface area contributed by atoms with Crippen LogP contribution in [0.25, 0.3) is 0 Å². The number of hydrogen-bond donors (Lipinski definition) is 0. The number of ether oxygens (including phenoxy) is 1. The van der Waals surface area contributed by atoms with Crippen molar-refractivity contribution >= 4 is 18.2 Å². The van der Waals surface area contributed by atoms with E-state index in [0.29, 0.717) is 0 Å². The first-order valence-electron chi connectivity index (χ1n) is 5.67. The topological polar surface area (TPSA) is 9.23 Å². The lowest BCUT2D eigenvalue weighted by Crippen LogP contribution is -2.38. The van der Waals surface area contributed by atoms with Crippen molar-refractivity contribution in [3.05, 3.63) is 52.9 Å². The highest BCUT2D eigenvalue weighted by molar-refractivity contribution is 6.67. The largest absolute Gasteiger partial charge is 0.491 e. The zero-order valence-electron chi connectivity index (χ0n) is 10.8. The van der Waals surface area contributed by atoms with Crippen molar-refractivity contribution in [3.63, 3.8) is 0 Å². The van der Waals surface area contributed by atoms with Crippen molar-refractivity contribution in [3.8, 4) is 5.75 Å². The third-order valence-electron chi connectivity index (χ3n) is 2.79. The van der Waals surface area contributed by atoms with Crippen LogP contribution in [0.2, 0.25) is 0 Å². The summed E-state index contributed by atoms with van der Waals surface area (Å²) in [7, 11) is 0.976. The van der Waals surface area contributed by atoms with Gasteiger partial charge in [-0.15, -0.1) is 0 Å². The highest BCUT2D eigenvalue weighted by atomic mass is 19.2.